The van der Waals surface area contributed by atoms with Crippen LogP contribution in [0.5, 0.6) is 0 Å². The Bertz CT molecular complexity index is 1200. The van der Waals surface area contributed by atoms with E-state index in [0.29, 0.717) is 16.3 Å². The summed E-state index contributed by atoms with van der Waals surface area (Å²) in [5.41, 5.74) is 2.92. The van der Waals surface area contributed by atoms with Crippen molar-refractivity contribution in [2.75, 3.05) is 18.0 Å². The minimum absolute atomic E-state index is 0.0545. The SMILES string of the molecule is CCN(CC)c1ccc(C2/C(=C(/O)c3ccc(Cl)cc3)C(=O)C(=O)N2Cc2ccccn2)cc1. The van der Waals surface area contributed by atoms with Gasteiger partial charge >= 0.3 is 0 Å². The molecule has 0 radical (unpaired) electrons. The largest absolute Gasteiger partial charge is 0.507 e. The fraction of sp³-hybridized carbons (Fsp3) is 0.222. The Hall–Kier alpha value is -3.64. The van der Waals surface area contributed by atoms with Crippen molar-refractivity contribution < 1.29 is 14.7 Å². The van der Waals surface area contributed by atoms with E-state index in [0.717, 1.165) is 24.3 Å². The van der Waals surface area contributed by atoms with Crippen LogP contribution in [-0.4, -0.2) is 39.8 Å². The zero-order chi connectivity index (χ0) is 24.2. The van der Waals surface area contributed by atoms with Crippen molar-refractivity contribution in [3.63, 3.8) is 0 Å². The number of carbonyl (C=O) groups is 2. The minimum atomic E-state index is -0.747. The molecular weight excluding hydrogens is 450 g/mol. The van der Waals surface area contributed by atoms with Gasteiger partial charge in [-0.05, 0) is 67.9 Å². The van der Waals surface area contributed by atoms with Gasteiger partial charge in [-0.25, -0.2) is 0 Å². The number of likely N-dealkylation sites (tertiary alicyclic amines) is 1. The Kier molecular flexibility index (Phi) is 6.98. The van der Waals surface area contributed by atoms with Crippen LogP contribution in [0.15, 0.2) is 78.5 Å². The Morgan fingerprint density at radius 1 is 1.00 bits per heavy atom. The number of pyridine rings is 1. The summed E-state index contributed by atoms with van der Waals surface area (Å²) in [5.74, 6) is -1.61. The smallest absolute Gasteiger partial charge is 0.296 e. The average Bonchev–Trinajstić information content (AvgIpc) is 3.11. The second-order valence-electron chi connectivity index (χ2n) is 8.02. The molecule has 0 saturated carbocycles. The lowest BCUT2D eigenvalue weighted by Crippen LogP contribution is -2.29. The number of aliphatic hydroxyl groups is 1. The van der Waals surface area contributed by atoms with E-state index in [1.807, 2.05) is 30.3 Å². The lowest BCUT2D eigenvalue weighted by atomic mass is 9.95. The summed E-state index contributed by atoms with van der Waals surface area (Å²) in [5, 5.41) is 11.7. The maximum atomic E-state index is 13.2. The quantitative estimate of drug-likeness (QED) is 0.289. The van der Waals surface area contributed by atoms with Gasteiger partial charge in [-0.2, -0.15) is 0 Å². The fourth-order valence-electron chi connectivity index (χ4n) is 4.28. The number of amides is 1. The number of nitrogens with zero attached hydrogens (tertiary/aromatic N) is 3. The molecule has 0 aliphatic carbocycles. The molecule has 0 bridgehead atoms. The van der Waals surface area contributed by atoms with Gasteiger partial charge in [0.25, 0.3) is 11.7 Å². The molecular formula is C27H26ClN3O3. The van der Waals surface area contributed by atoms with Crippen molar-refractivity contribution in [3.05, 3.63) is 100 Å². The maximum absolute atomic E-state index is 13.2. The minimum Gasteiger partial charge on any atom is -0.507 e. The molecule has 1 atom stereocenters. The summed E-state index contributed by atoms with van der Waals surface area (Å²) < 4.78 is 0. The zero-order valence-corrected chi connectivity index (χ0v) is 19.9. The van der Waals surface area contributed by atoms with E-state index >= 15 is 0 Å². The van der Waals surface area contributed by atoms with Gasteiger partial charge < -0.3 is 14.9 Å². The number of aromatic nitrogens is 1. The fourth-order valence-corrected chi connectivity index (χ4v) is 4.40. The molecule has 2 aromatic carbocycles. The Morgan fingerprint density at radius 3 is 2.26 bits per heavy atom. The van der Waals surface area contributed by atoms with Crippen molar-refractivity contribution >= 4 is 34.7 Å². The van der Waals surface area contributed by atoms with Gasteiger partial charge in [-0.3, -0.25) is 14.6 Å². The van der Waals surface area contributed by atoms with Crippen molar-refractivity contribution in [1.29, 1.82) is 0 Å². The highest BCUT2D eigenvalue weighted by Gasteiger charge is 2.46. The summed E-state index contributed by atoms with van der Waals surface area (Å²) in [7, 11) is 0. The number of benzene rings is 2. The highest BCUT2D eigenvalue weighted by molar-refractivity contribution is 6.46. The molecule has 174 valence electrons. The Labute approximate surface area is 204 Å². The first-order chi connectivity index (χ1) is 16.4. The summed E-state index contributed by atoms with van der Waals surface area (Å²) >= 11 is 5.99. The van der Waals surface area contributed by atoms with E-state index in [1.165, 1.54) is 4.90 Å². The monoisotopic (exact) mass is 475 g/mol. The summed E-state index contributed by atoms with van der Waals surface area (Å²) in [4.78, 5) is 34.3. The van der Waals surface area contributed by atoms with E-state index in [-0.39, 0.29) is 17.9 Å². The number of anilines is 1. The molecule has 1 aliphatic heterocycles. The van der Waals surface area contributed by atoms with Gasteiger partial charge in [-0.1, -0.05) is 29.8 Å². The first-order valence-corrected chi connectivity index (χ1v) is 11.6. The number of hydrogen-bond donors (Lipinski definition) is 1. The Morgan fingerprint density at radius 2 is 1.68 bits per heavy atom. The molecule has 1 aliphatic rings. The number of Topliss-reactive ketones (excluding diaryl/α,β-unsaturated/α-hetero) is 1. The number of aliphatic hydroxyl groups excluding tert-OH is 1. The molecule has 1 saturated heterocycles. The standard InChI is InChI=1S/C27H26ClN3O3/c1-3-30(4-2)22-14-10-18(11-15-22)24-23(25(32)19-8-12-20(28)13-9-19)26(33)27(34)31(24)17-21-7-5-6-16-29-21/h5-16,24,32H,3-4,17H2,1-2H3/b25-23-. The van der Waals surface area contributed by atoms with E-state index in [9.17, 15) is 14.7 Å². The molecule has 1 amide bonds. The highest BCUT2D eigenvalue weighted by Crippen LogP contribution is 2.40. The second-order valence-corrected chi connectivity index (χ2v) is 8.46. The van der Waals surface area contributed by atoms with Crippen molar-refractivity contribution in [1.82, 2.24) is 9.88 Å². The van der Waals surface area contributed by atoms with Gasteiger partial charge in [0.2, 0.25) is 0 Å². The lowest BCUT2D eigenvalue weighted by Gasteiger charge is -2.26. The molecule has 1 unspecified atom stereocenters. The van der Waals surface area contributed by atoms with Gasteiger partial charge in [0.15, 0.2) is 0 Å². The number of ketones is 1. The second kappa shape index (κ2) is 10.1. The van der Waals surface area contributed by atoms with Crippen LogP contribution >= 0.6 is 11.6 Å². The van der Waals surface area contributed by atoms with Crippen molar-refractivity contribution in [3.8, 4) is 0 Å². The molecule has 3 aromatic rings. The predicted octanol–water partition coefficient (Wildman–Crippen LogP) is 5.20. The molecule has 7 heteroatoms. The summed E-state index contributed by atoms with van der Waals surface area (Å²) in [6, 6.07) is 19.0. The van der Waals surface area contributed by atoms with E-state index < -0.39 is 17.7 Å². The van der Waals surface area contributed by atoms with Crippen LogP contribution in [0.3, 0.4) is 0 Å². The summed E-state index contributed by atoms with van der Waals surface area (Å²) in [6.07, 6.45) is 1.65. The normalized spacial score (nSPS) is 17.3. The zero-order valence-electron chi connectivity index (χ0n) is 19.1. The van der Waals surface area contributed by atoms with Gasteiger partial charge in [-0.15, -0.1) is 0 Å². The Balaban J connectivity index is 1.82. The molecule has 1 aromatic heterocycles. The molecule has 2 heterocycles. The maximum Gasteiger partial charge on any atom is 0.296 e. The van der Waals surface area contributed by atoms with Crippen molar-refractivity contribution in [2.24, 2.45) is 0 Å². The first-order valence-electron chi connectivity index (χ1n) is 11.2. The average molecular weight is 476 g/mol. The highest BCUT2D eigenvalue weighted by atomic mass is 35.5. The lowest BCUT2D eigenvalue weighted by molar-refractivity contribution is -0.140. The number of rotatable bonds is 7. The molecule has 0 spiro atoms. The first kappa shape index (κ1) is 23.5. The number of hydrogen-bond acceptors (Lipinski definition) is 5. The van der Waals surface area contributed by atoms with Gasteiger partial charge in [0, 0.05) is 35.6 Å². The third-order valence-corrected chi connectivity index (χ3v) is 6.31. The van der Waals surface area contributed by atoms with E-state index in [4.69, 9.17) is 11.6 Å². The molecule has 4 rings (SSSR count). The van der Waals surface area contributed by atoms with E-state index in [2.05, 4.69) is 23.7 Å². The predicted molar refractivity (Wildman–Crippen MR) is 134 cm³/mol. The number of carbonyl (C=O) groups excluding carboxylic acids is 2. The van der Waals surface area contributed by atoms with Crippen LogP contribution in [0.1, 0.15) is 36.7 Å². The molecule has 34 heavy (non-hydrogen) atoms. The molecule has 1 N–H and O–H groups in total. The van der Waals surface area contributed by atoms with Crippen molar-refractivity contribution in [2.45, 2.75) is 26.4 Å². The van der Waals surface area contributed by atoms with Crippen LogP contribution in [0, 0.1) is 0 Å². The molecule has 6 nitrogen and oxygen atoms in total. The van der Waals surface area contributed by atoms with Crippen LogP contribution in [0.25, 0.3) is 5.76 Å². The van der Waals surface area contributed by atoms with Crippen LogP contribution < -0.4 is 4.90 Å². The van der Waals surface area contributed by atoms with Gasteiger partial charge in [0.05, 0.1) is 23.9 Å². The van der Waals surface area contributed by atoms with Crippen LogP contribution in [-0.2, 0) is 16.1 Å². The summed E-state index contributed by atoms with van der Waals surface area (Å²) in [6.45, 7) is 6.05. The third-order valence-electron chi connectivity index (χ3n) is 6.05. The molecule has 1 fully saturated rings. The number of halogens is 1. The van der Waals surface area contributed by atoms with Gasteiger partial charge in [0.1, 0.15) is 5.76 Å². The third kappa shape index (κ3) is 4.54. The van der Waals surface area contributed by atoms with E-state index in [1.54, 1.807) is 42.6 Å². The van der Waals surface area contributed by atoms with Crippen LogP contribution in [0.2, 0.25) is 5.02 Å². The van der Waals surface area contributed by atoms with Crippen LogP contribution in [0.4, 0.5) is 5.69 Å². The topological polar surface area (TPSA) is 73.7 Å².